The summed E-state index contributed by atoms with van der Waals surface area (Å²) in [6, 6.07) is 15.8. The largest absolute Gasteiger partial charge is 0.372 e. The van der Waals surface area contributed by atoms with Crippen LogP contribution < -0.4 is 10.2 Å². The molecule has 0 amide bonds. The number of anilines is 2. The van der Waals surface area contributed by atoms with Crippen LogP contribution in [0.1, 0.15) is 47.8 Å². The number of aryl methyl sites for hydroxylation is 3. The Hall–Kier alpha value is -2.75. The zero-order chi connectivity index (χ0) is 19.3. The minimum atomic E-state index is 0.0213. The summed E-state index contributed by atoms with van der Waals surface area (Å²) in [6.45, 7) is 8.77. The zero-order valence-corrected chi connectivity index (χ0v) is 17.0. The SMILES string of the molecule is Cc1cc(C)c2c(c1)-c1cc(C)nn1C(c1ccc(N3CCCCC3)cc1)N2. The Morgan fingerprint density at radius 3 is 2.43 bits per heavy atom. The third kappa shape index (κ3) is 2.88. The second-order valence-electron chi connectivity index (χ2n) is 8.31. The van der Waals surface area contributed by atoms with Gasteiger partial charge >= 0.3 is 0 Å². The number of hydrogen-bond acceptors (Lipinski definition) is 3. The Morgan fingerprint density at radius 1 is 0.929 bits per heavy atom. The van der Waals surface area contributed by atoms with Gasteiger partial charge < -0.3 is 10.2 Å². The summed E-state index contributed by atoms with van der Waals surface area (Å²) in [6.07, 6.45) is 3.99. The summed E-state index contributed by atoms with van der Waals surface area (Å²) in [7, 11) is 0. The van der Waals surface area contributed by atoms with Gasteiger partial charge in [0.15, 0.2) is 0 Å². The summed E-state index contributed by atoms with van der Waals surface area (Å²) >= 11 is 0. The fourth-order valence-corrected chi connectivity index (χ4v) is 4.72. The van der Waals surface area contributed by atoms with Crippen LogP contribution in [0.2, 0.25) is 0 Å². The van der Waals surface area contributed by atoms with Crippen molar-refractivity contribution in [2.75, 3.05) is 23.3 Å². The van der Waals surface area contributed by atoms with E-state index in [2.05, 4.69) is 78.1 Å². The first-order valence-corrected chi connectivity index (χ1v) is 10.4. The highest BCUT2D eigenvalue weighted by Crippen LogP contribution is 2.41. The van der Waals surface area contributed by atoms with Crippen LogP contribution in [0.25, 0.3) is 11.3 Å². The van der Waals surface area contributed by atoms with Gasteiger partial charge in [-0.25, -0.2) is 4.68 Å². The molecule has 0 bridgehead atoms. The molecule has 1 unspecified atom stereocenters. The molecule has 5 rings (SSSR count). The summed E-state index contributed by atoms with van der Waals surface area (Å²) in [4.78, 5) is 2.51. The molecule has 0 radical (unpaired) electrons. The second kappa shape index (κ2) is 6.69. The van der Waals surface area contributed by atoms with Crippen LogP contribution in [0.5, 0.6) is 0 Å². The van der Waals surface area contributed by atoms with E-state index in [9.17, 15) is 0 Å². The molecule has 2 aliphatic rings. The first kappa shape index (κ1) is 17.4. The maximum Gasteiger partial charge on any atom is 0.147 e. The second-order valence-corrected chi connectivity index (χ2v) is 8.31. The summed E-state index contributed by atoms with van der Waals surface area (Å²) in [5.41, 5.74) is 9.88. The molecule has 2 aromatic carbocycles. The van der Waals surface area contributed by atoms with Crippen molar-refractivity contribution in [3.63, 3.8) is 0 Å². The highest BCUT2D eigenvalue weighted by atomic mass is 15.4. The third-order valence-electron chi connectivity index (χ3n) is 6.07. The molecule has 1 atom stereocenters. The predicted molar refractivity (Wildman–Crippen MR) is 116 cm³/mol. The number of nitrogens with one attached hydrogen (secondary N) is 1. The predicted octanol–water partition coefficient (Wildman–Crippen LogP) is 5.44. The molecule has 1 N–H and O–H groups in total. The van der Waals surface area contributed by atoms with Crippen LogP contribution in [-0.4, -0.2) is 22.9 Å². The quantitative estimate of drug-likeness (QED) is 0.650. The number of hydrogen-bond donors (Lipinski definition) is 1. The van der Waals surface area contributed by atoms with Crippen LogP contribution in [-0.2, 0) is 0 Å². The molecule has 3 aromatic rings. The van der Waals surface area contributed by atoms with Gasteiger partial charge in [-0.3, -0.25) is 0 Å². The van der Waals surface area contributed by atoms with E-state index >= 15 is 0 Å². The van der Waals surface area contributed by atoms with Gasteiger partial charge in [0.25, 0.3) is 0 Å². The third-order valence-corrected chi connectivity index (χ3v) is 6.07. The van der Waals surface area contributed by atoms with Gasteiger partial charge in [0, 0.05) is 30.0 Å². The van der Waals surface area contributed by atoms with Gasteiger partial charge in [-0.2, -0.15) is 5.10 Å². The molecule has 0 spiro atoms. The molecular formula is C24H28N4. The molecule has 0 saturated carbocycles. The lowest BCUT2D eigenvalue weighted by Crippen LogP contribution is -2.29. The molecular weight excluding hydrogens is 344 g/mol. The molecule has 1 saturated heterocycles. The van der Waals surface area contributed by atoms with E-state index in [0.29, 0.717) is 0 Å². The van der Waals surface area contributed by atoms with Gasteiger partial charge in [-0.15, -0.1) is 0 Å². The molecule has 1 fully saturated rings. The maximum absolute atomic E-state index is 4.82. The maximum atomic E-state index is 4.82. The minimum absolute atomic E-state index is 0.0213. The van der Waals surface area contributed by atoms with Crippen LogP contribution in [0, 0.1) is 20.8 Å². The first-order valence-electron chi connectivity index (χ1n) is 10.4. The average Bonchev–Trinajstić information content (AvgIpc) is 3.10. The Balaban J connectivity index is 1.53. The fraction of sp³-hybridized carbons (Fsp3) is 0.375. The van der Waals surface area contributed by atoms with Crippen molar-refractivity contribution in [3.05, 3.63) is 64.8 Å². The van der Waals surface area contributed by atoms with Crippen molar-refractivity contribution in [3.8, 4) is 11.3 Å². The van der Waals surface area contributed by atoms with Crippen LogP contribution in [0.15, 0.2) is 42.5 Å². The van der Waals surface area contributed by atoms with Crippen molar-refractivity contribution >= 4 is 11.4 Å². The van der Waals surface area contributed by atoms with Gasteiger partial charge in [0.05, 0.1) is 11.4 Å². The Kier molecular flexibility index (Phi) is 4.15. The van der Waals surface area contributed by atoms with Gasteiger partial charge in [0.1, 0.15) is 6.17 Å². The van der Waals surface area contributed by atoms with Gasteiger partial charge in [-0.1, -0.05) is 23.8 Å². The normalized spacial score (nSPS) is 18.4. The van der Waals surface area contributed by atoms with Gasteiger partial charge in [0.2, 0.25) is 0 Å². The van der Waals surface area contributed by atoms with E-state index in [1.54, 1.807) is 0 Å². The Morgan fingerprint density at radius 2 is 1.68 bits per heavy atom. The van der Waals surface area contributed by atoms with Crippen molar-refractivity contribution in [2.24, 2.45) is 0 Å². The lowest BCUT2D eigenvalue weighted by molar-refractivity contribution is 0.568. The average molecular weight is 373 g/mol. The topological polar surface area (TPSA) is 33.1 Å². The minimum Gasteiger partial charge on any atom is -0.372 e. The number of piperidine rings is 1. The molecule has 4 heteroatoms. The van der Waals surface area contributed by atoms with E-state index in [4.69, 9.17) is 5.10 Å². The molecule has 3 heterocycles. The lowest BCUT2D eigenvalue weighted by atomic mass is 9.98. The molecule has 1 aromatic heterocycles. The molecule has 144 valence electrons. The van der Waals surface area contributed by atoms with Crippen molar-refractivity contribution in [1.29, 1.82) is 0 Å². The number of aromatic nitrogens is 2. The smallest absolute Gasteiger partial charge is 0.147 e. The van der Waals surface area contributed by atoms with E-state index < -0.39 is 0 Å². The van der Waals surface area contributed by atoms with Crippen LogP contribution in [0.4, 0.5) is 11.4 Å². The van der Waals surface area contributed by atoms with Crippen molar-refractivity contribution < 1.29 is 0 Å². The summed E-state index contributed by atoms with van der Waals surface area (Å²) in [5, 5.41) is 8.59. The molecule has 0 aliphatic carbocycles. The summed E-state index contributed by atoms with van der Waals surface area (Å²) in [5.74, 6) is 0. The van der Waals surface area contributed by atoms with Crippen LogP contribution in [0.3, 0.4) is 0 Å². The Bertz CT molecular complexity index is 1010. The van der Waals surface area contributed by atoms with Gasteiger partial charge in [-0.05, 0) is 75.4 Å². The molecule has 2 aliphatic heterocycles. The molecule has 28 heavy (non-hydrogen) atoms. The summed E-state index contributed by atoms with van der Waals surface area (Å²) < 4.78 is 2.15. The van der Waals surface area contributed by atoms with E-state index in [1.807, 2.05) is 0 Å². The molecule has 4 nitrogen and oxygen atoms in total. The fourth-order valence-electron chi connectivity index (χ4n) is 4.72. The van der Waals surface area contributed by atoms with Crippen molar-refractivity contribution in [2.45, 2.75) is 46.2 Å². The number of rotatable bonds is 2. The van der Waals surface area contributed by atoms with E-state index in [1.165, 1.54) is 71.7 Å². The zero-order valence-electron chi connectivity index (χ0n) is 17.0. The van der Waals surface area contributed by atoms with E-state index in [-0.39, 0.29) is 6.17 Å². The number of benzene rings is 2. The Labute approximate surface area is 167 Å². The number of fused-ring (bicyclic) bond motifs is 3. The lowest BCUT2D eigenvalue weighted by Gasteiger charge is -2.32. The standard InChI is InChI=1S/C24H28N4/c1-16-13-17(2)23-21(14-16)22-15-18(3)26-28(22)24(25-23)19-7-9-20(10-8-19)27-11-5-4-6-12-27/h7-10,13-15,24-25H,4-6,11-12H2,1-3H3. The monoisotopic (exact) mass is 372 g/mol. The van der Waals surface area contributed by atoms with Crippen LogP contribution >= 0.6 is 0 Å². The highest BCUT2D eigenvalue weighted by molar-refractivity contribution is 5.82. The van der Waals surface area contributed by atoms with E-state index in [0.717, 1.165) is 5.69 Å². The van der Waals surface area contributed by atoms with Crippen molar-refractivity contribution in [1.82, 2.24) is 9.78 Å². The number of nitrogens with zero attached hydrogens (tertiary/aromatic N) is 3. The highest BCUT2D eigenvalue weighted by Gasteiger charge is 2.27. The first-order chi connectivity index (χ1) is 13.6.